The number of nitrogens with zero attached hydrogens (tertiary/aromatic N) is 1. The lowest BCUT2D eigenvalue weighted by Gasteiger charge is -2.41. The topological polar surface area (TPSA) is 15.3 Å². The van der Waals surface area contributed by atoms with Crippen molar-refractivity contribution in [2.24, 2.45) is 11.3 Å². The number of nitrogens with one attached hydrogen (secondary N) is 1. The zero-order valence-electron chi connectivity index (χ0n) is 12.6. The first-order valence-electron chi connectivity index (χ1n) is 7.40. The van der Waals surface area contributed by atoms with E-state index < -0.39 is 0 Å². The molecule has 0 amide bonds. The summed E-state index contributed by atoms with van der Waals surface area (Å²) in [6.07, 6.45) is 5.36. The van der Waals surface area contributed by atoms with Crippen molar-refractivity contribution in [3.05, 3.63) is 0 Å². The van der Waals surface area contributed by atoms with Crippen molar-refractivity contribution in [3.8, 4) is 0 Å². The number of rotatable bonds is 6. The summed E-state index contributed by atoms with van der Waals surface area (Å²) in [5.74, 6) is 0.800. The number of hydrogen-bond acceptors (Lipinski definition) is 2. The highest BCUT2D eigenvalue weighted by atomic mass is 15.1. The molecule has 2 unspecified atom stereocenters. The Morgan fingerprint density at radius 2 is 2.00 bits per heavy atom. The van der Waals surface area contributed by atoms with E-state index in [0.29, 0.717) is 11.5 Å². The van der Waals surface area contributed by atoms with Gasteiger partial charge in [0.25, 0.3) is 0 Å². The van der Waals surface area contributed by atoms with E-state index in [2.05, 4.69) is 45.0 Å². The predicted octanol–water partition coefficient (Wildman–Crippen LogP) is 3.13. The highest BCUT2D eigenvalue weighted by Gasteiger charge is 2.32. The Bertz CT molecular complexity index is 207. The van der Waals surface area contributed by atoms with Gasteiger partial charge in [-0.25, -0.2) is 0 Å². The highest BCUT2D eigenvalue weighted by Crippen LogP contribution is 2.31. The molecule has 1 saturated heterocycles. The first-order valence-corrected chi connectivity index (χ1v) is 7.40. The third-order valence-electron chi connectivity index (χ3n) is 4.46. The third-order valence-corrected chi connectivity index (χ3v) is 4.46. The van der Waals surface area contributed by atoms with E-state index in [1.807, 2.05) is 0 Å². The maximum atomic E-state index is 3.58. The normalized spacial score (nSPS) is 27.7. The third kappa shape index (κ3) is 4.59. The summed E-state index contributed by atoms with van der Waals surface area (Å²) in [5.41, 5.74) is 0.526. The standard InChI is InChI=1S/C15H32N2/c1-6-15(8-7-9-16-11-15)12-17(5)14(4)10-13(2)3/h13-14,16H,6-12H2,1-5H3. The summed E-state index contributed by atoms with van der Waals surface area (Å²) in [6.45, 7) is 13.1. The van der Waals surface area contributed by atoms with E-state index in [1.54, 1.807) is 0 Å². The van der Waals surface area contributed by atoms with Gasteiger partial charge in [-0.15, -0.1) is 0 Å². The molecule has 17 heavy (non-hydrogen) atoms. The second kappa shape index (κ2) is 6.75. The van der Waals surface area contributed by atoms with Crippen LogP contribution in [0.2, 0.25) is 0 Å². The van der Waals surface area contributed by atoms with Gasteiger partial charge in [0.05, 0.1) is 0 Å². The molecule has 0 radical (unpaired) electrons. The van der Waals surface area contributed by atoms with Crippen LogP contribution in [-0.4, -0.2) is 37.6 Å². The molecule has 2 atom stereocenters. The Labute approximate surface area is 108 Å². The van der Waals surface area contributed by atoms with Gasteiger partial charge in [-0.05, 0) is 57.5 Å². The molecule has 1 N–H and O–H groups in total. The van der Waals surface area contributed by atoms with Crippen LogP contribution in [0.4, 0.5) is 0 Å². The maximum absolute atomic E-state index is 3.58. The second-order valence-corrected chi connectivity index (χ2v) is 6.53. The Morgan fingerprint density at radius 1 is 1.29 bits per heavy atom. The molecule has 1 aliphatic heterocycles. The fourth-order valence-electron chi connectivity index (χ4n) is 3.13. The van der Waals surface area contributed by atoms with Crippen molar-refractivity contribution < 1.29 is 0 Å². The summed E-state index contributed by atoms with van der Waals surface area (Å²) >= 11 is 0. The van der Waals surface area contributed by atoms with E-state index in [9.17, 15) is 0 Å². The van der Waals surface area contributed by atoms with Crippen molar-refractivity contribution in [3.63, 3.8) is 0 Å². The van der Waals surface area contributed by atoms with Gasteiger partial charge in [0.2, 0.25) is 0 Å². The van der Waals surface area contributed by atoms with Crippen LogP contribution in [0.3, 0.4) is 0 Å². The van der Waals surface area contributed by atoms with Gasteiger partial charge in [-0.2, -0.15) is 0 Å². The molecular formula is C15H32N2. The summed E-state index contributed by atoms with van der Waals surface area (Å²) in [4.78, 5) is 2.58. The van der Waals surface area contributed by atoms with Crippen LogP contribution in [0.25, 0.3) is 0 Å². The minimum absolute atomic E-state index is 0.526. The van der Waals surface area contributed by atoms with Gasteiger partial charge in [0.15, 0.2) is 0 Å². The molecule has 1 aliphatic rings. The second-order valence-electron chi connectivity index (χ2n) is 6.53. The first kappa shape index (κ1) is 15.0. The number of hydrogen-bond donors (Lipinski definition) is 1. The first-order chi connectivity index (χ1) is 7.99. The number of piperidine rings is 1. The zero-order chi connectivity index (χ0) is 12.9. The molecule has 0 spiro atoms. The lowest BCUT2D eigenvalue weighted by Crippen LogP contribution is -2.48. The molecule has 0 bridgehead atoms. The van der Waals surface area contributed by atoms with Crippen molar-refractivity contribution in [1.29, 1.82) is 0 Å². The molecule has 1 rings (SSSR count). The van der Waals surface area contributed by atoms with Crippen LogP contribution < -0.4 is 5.32 Å². The summed E-state index contributed by atoms with van der Waals surface area (Å²) in [5, 5.41) is 3.58. The Kier molecular flexibility index (Phi) is 5.94. The van der Waals surface area contributed by atoms with Crippen LogP contribution in [0.5, 0.6) is 0 Å². The largest absolute Gasteiger partial charge is 0.316 e. The molecule has 0 aromatic carbocycles. The van der Waals surface area contributed by atoms with E-state index in [4.69, 9.17) is 0 Å². The van der Waals surface area contributed by atoms with Crippen LogP contribution in [0, 0.1) is 11.3 Å². The lowest BCUT2D eigenvalue weighted by atomic mass is 9.77. The molecule has 0 saturated carbocycles. The fraction of sp³-hybridized carbons (Fsp3) is 1.00. The lowest BCUT2D eigenvalue weighted by molar-refractivity contribution is 0.0992. The highest BCUT2D eigenvalue weighted by molar-refractivity contribution is 4.87. The van der Waals surface area contributed by atoms with Gasteiger partial charge in [-0.3, -0.25) is 0 Å². The van der Waals surface area contributed by atoms with E-state index in [-0.39, 0.29) is 0 Å². The SMILES string of the molecule is CCC1(CN(C)C(C)CC(C)C)CCCNC1. The molecule has 2 nitrogen and oxygen atoms in total. The van der Waals surface area contributed by atoms with Gasteiger partial charge in [-0.1, -0.05) is 20.8 Å². The van der Waals surface area contributed by atoms with E-state index in [0.717, 1.165) is 5.92 Å². The van der Waals surface area contributed by atoms with Gasteiger partial charge in [0, 0.05) is 19.1 Å². The Morgan fingerprint density at radius 3 is 2.47 bits per heavy atom. The van der Waals surface area contributed by atoms with Crippen molar-refractivity contribution >= 4 is 0 Å². The van der Waals surface area contributed by atoms with Crippen molar-refractivity contribution in [1.82, 2.24) is 10.2 Å². The fourth-order valence-corrected chi connectivity index (χ4v) is 3.13. The average molecular weight is 240 g/mol. The molecule has 0 aromatic heterocycles. The minimum atomic E-state index is 0.526. The van der Waals surface area contributed by atoms with Gasteiger partial charge >= 0.3 is 0 Å². The quantitative estimate of drug-likeness (QED) is 0.767. The summed E-state index contributed by atoms with van der Waals surface area (Å²) < 4.78 is 0. The Balaban J connectivity index is 2.49. The minimum Gasteiger partial charge on any atom is -0.316 e. The van der Waals surface area contributed by atoms with E-state index in [1.165, 1.54) is 45.3 Å². The molecule has 2 heteroatoms. The summed E-state index contributed by atoms with van der Waals surface area (Å²) in [6, 6.07) is 0.709. The van der Waals surface area contributed by atoms with Gasteiger partial charge < -0.3 is 10.2 Å². The summed E-state index contributed by atoms with van der Waals surface area (Å²) in [7, 11) is 2.30. The monoisotopic (exact) mass is 240 g/mol. The van der Waals surface area contributed by atoms with Crippen molar-refractivity contribution in [2.75, 3.05) is 26.7 Å². The molecular weight excluding hydrogens is 208 g/mol. The van der Waals surface area contributed by atoms with Crippen LogP contribution >= 0.6 is 0 Å². The maximum Gasteiger partial charge on any atom is 0.00665 e. The smallest absolute Gasteiger partial charge is 0.00665 e. The zero-order valence-corrected chi connectivity index (χ0v) is 12.6. The van der Waals surface area contributed by atoms with Crippen LogP contribution in [0.15, 0.2) is 0 Å². The molecule has 1 fully saturated rings. The molecule has 0 aromatic rings. The van der Waals surface area contributed by atoms with Crippen molar-refractivity contribution in [2.45, 2.75) is 59.4 Å². The van der Waals surface area contributed by atoms with Crippen LogP contribution in [-0.2, 0) is 0 Å². The predicted molar refractivity (Wildman–Crippen MR) is 76.4 cm³/mol. The average Bonchev–Trinajstić information content (AvgIpc) is 2.29. The van der Waals surface area contributed by atoms with Gasteiger partial charge in [0.1, 0.15) is 0 Å². The molecule has 102 valence electrons. The molecule has 1 heterocycles. The molecule has 0 aliphatic carbocycles. The Hall–Kier alpha value is -0.0800. The van der Waals surface area contributed by atoms with Crippen LogP contribution in [0.1, 0.15) is 53.4 Å². The van der Waals surface area contributed by atoms with E-state index >= 15 is 0 Å².